The van der Waals surface area contributed by atoms with E-state index in [9.17, 15) is 9.90 Å². The van der Waals surface area contributed by atoms with Crippen LogP contribution in [0.5, 0.6) is 0 Å². The standard InChI is InChI=1S/C15H22N2O3/c1-2-7-17(8-5-12-4-3-6-16-9-12)14-11-20-10-13(14)15(18)19/h3-4,6,9,13-14H,2,5,7-8,10-11H2,1H3,(H,18,19). The molecule has 0 saturated carbocycles. The van der Waals surface area contributed by atoms with Gasteiger partial charge in [-0.05, 0) is 31.0 Å². The number of pyridine rings is 1. The van der Waals surface area contributed by atoms with E-state index in [1.807, 2.05) is 12.3 Å². The summed E-state index contributed by atoms with van der Waals surface area (Å²) >= 11 is 0. The van der Waals surface area contributed by atoms with Gasteiger partial charge in [0.1, 0.15) is 0 Å². The molecule has 1 aliphatic rings. The number of carboxylic acid groups (broad SMARTS) is 1. The zero-order chi connectivity index (χ0) is 14.4. The van der Waals surface area contributed by atoms with E-state index in [0.717, 1.165) is 25.9 Å². The number of rotatable bonds is 7. The normalized spacial score (nSPS) is 22.3. The largest absolute Gasteiger partial charge is 0.481 e. The quantitative estimate of drug-likeness (QED) is 0.817. The average Bonchev–Trinajstić information content (AvgIpc) is 2.94. The van der Waals surface area contributed by atoms with E-state index in [4.69, 9.17) is 4.74 Å². The average molecular weight is 278 g/mol. The molecule has 1 saturated heterocycles. The second kappa shape index (κ2) is 7.36. The number of hydrogen-bond donors (Lipinski definition) is 1. The van der Waals surface area contributed by atoms with Crippen LogP contribution in [0.2, 0.25) is 0 Å². The third-order valence-corrected chi connectivity index (χ3v) is 3.76. The molecule has 0 radical (unpaired) electrons. The van der Waals surface area contributed by atoms with Crippen LogP contribution in [-0.4, -0.2) is 53.3 Å². The molecule has 1 aromatic heterocycles. The molecular formula is C15H22N2O3. The highest BCUT2D eigenvalue weighted by Gasteiger charge is 2.37. The summed E-state index contributed by atoms with van der Waals surface area (Å²) in [5.41, 5.74) is 1.18. The highest BCUT2D eigenvalue weighted by atomic mass is 16.5. The van der Waals surface area contributed by atoms with Crippen LogP contribution in [0.25, 0.3) is 0 Å². The highest BCUT2D eigenvalue weighted by molar-refractivity contribution is 5.71. The van der Waals surface area contributed by atoms with Gasteiger partial charge in [-0.2, -0.15) is 0 Å². The molecule has 5 heteroatoms. The van der Waals surface area contributed by atoms with Crippen molar-refractivity contribution in [1.29, 1.82) is 0 Å². The lowest BCUT2D eigenvalue weighted by atomic mass is 10.0. The monoisotopic (exact) mass is 278 g/mol. The fraction of sp³-hybridized carbons (Fsp3) is 0.600. The third kappa shape index (κ3) is 3.77. The van der Waals surface area contributed by atoms with E-state index in [0.29, 0.717) is 13.2 Å². The third-order valence-electron chi connectivity index (χ3n) is 3.76. The van der Waals surface area contributed by atoms with E-state index in [-0.39, 0.29) is 6.04 Å². The Bertz CT molecular complexity index is 424. The topological polar surface area (TPSA) is 62.7 Å². The number of aliphatic carboxylic acids is 1. The van der Waals surface area contributed by atoms with Crippen molar-refractivity contribution in [2.45, 2.75) is 25.8 Å². The Balaban J connectivity index is 1.97. The number of ether oxygens (including phenoxy) is 1. The van der Waals surface area contributed by atoms with Gasteiger partial charge < -0.3 is 9.84 Å². The van der Waals surface area contributed by atoms with Gasteiger partial charge in [0.15, 0.2) is 0 Å². The van der Waals surface area contributed by atoms with E-state index < -0.39 is 11.9 Å². The number of hydrogen-bond acceptors (Lipinski definition) is 4. The molecule has 0 spiro atoms. The second-order valence-corrected chi connectivity index (χ2v) is 5.20. The molecule has 2 rings (SSSR count). The van der Waals surface area contributed by atoms with Crippen molar-refractivity contribution in [1.82, 2.24) is 9.88 Å². The first-order chi connectivity index (χ1) is 9.72. The zero-order valence-corrected chi connectivity index (χ0v) is 11.9. The van der Waals surface area contributed by atoms with Crippen LogP contribution in [0.1, 0.15) is 18.9 Å². The van der Waals surface area contributed by atoms with Crippen LogP contribution in [0.15, 0.2) is 24.5 Å². The van der Waals surface area contributed by atoms with Gasteiger partial charge in [0.2, 0.25) is 0 Å². The summed E-state index contributed by atoms with van der Waals surface area (Å²) in [5, 5.41) is 9.27. The molecule has 0 aliphatic carbocycles. The van der Waals surface area contributed by atoms with Crippen LogP contribution in [0.4, 0.5) is 0 Å². The molecule has 1 aromatic rings. The molecule has 0 aromatic carbocycles. The molecule has 110 valence electrons. The Hall–Kier alpha value is -1.46. The highest BCUT2D eigenvalue weighted by Crippen LogP contribution is 2.20. The van der Waals surface area contributed by atoms with Gasteiger partial charge in [-0.3, -0.25) is 14.7 Å². The van der Waals surface area contributed by atoms with Crippen LogP contribution < -0.4 is 0 Å². The maximum absolute atomic E-state index is 11.3. The SMILES string of the molecule is CCCN(CCc1cccnc1)C1COCC1C(=O)O. The summed E-state index contributed by atoms with van der Waals surface area (Å²) in [4.78, 5) is 17.6. The Morgan fingerprint density at radius 3 is 3.00 bits per heavy atom. The molecule has 0 amide bonds. The fourth-order valence-corrected chi connectivity index (χ4v) is 2.69. The minimum absolute atomic E-state index is 0.0101. The molecule has 2 heterocycles. The minimum Gasteiger partial charge on any atom is -0.481 e. The van der Waals surface area contributed by atoms with Gasteiger partial charge in [0.25, 0.3) is 0 Å². The van der Waals surface area contributed by atoms with E-state index in [2.05, 4.69) is 22.9 Å². The summed E-state index contributed by atoms with van der Waals surface area (Å²) in [6.45, 7) is 4.70. The molecule has 2 atom stereocenters. The maximum Gasteiger partial charge on any atom is 0.310 e. The lowest BCUT2D eigenvalue weighted by Crippen LogP contribution is -2.44. The molecule has 1 N–H and O–H groups in total. The van der Waals surface area contributed by atoms with Crippen molar-refractivity contribution in [3.05, 3.63) is 30.1 Å². The van der Waals surface area contributed by atoms with Crippen LogP contribution in [0.3, 0.4) is 0 Å². The van der Waals surface area contributed by atoms with E-state index in [1.54, 1.807) is 6.20 Å². The first-order valence-corrected chi connectivity index (χ1v) is 7.16. The first-order valence-electron chi connectivity index (χ1n) is 7.16. The van der Waals surface area contributed by atoms with Gasteiger partial charge in [-0.25, -0.2) is 0 Å². The van der Waals surface area contributed by atoms with Crippen LogP contribution in [-0.2, 0) is 16.0 Å². The predicted octanol–water partition coefficient (Wildman–Crippen LogP) is 1.44. The summed E-state index contributed by atoms with van der Waals surface area (Å²) in [6.07, 6.45) is 5.52. The first kappa shape index (κ1) is 14.9. The lowest BCUT2D eigenvalue weighted by Gasteiger charge is -2.30. The van der Waals surface area contributed by atoms with Gasteiger partial charge in [-0.1, -0.05) is 13.0 Å². The number of carbonyl (C=O) groups is 1. The molecule has 1 aliphatic heterocycles. The van der Waals surface area contributed by atoms with Gasteiger partial charge in [-0.15, -0.1) is 0 Å². The van der Waals surface area contributed by atoms with Crippen molar-refractivity contribution in [2.75, 3.05) is 26.3 Å². The molecule has 1 fully saturated rings. The van der Waals surface area contributed by atoms with Crippen molar-refractivity contribution in [3.8, 4) is 0 Å². The van der Waals surface area contributed by atoms with Crippen LogP contribution >= 0.6 is 0 Å². The zero-order valence-electron chi connectivity index (χ0n) is 11.9. The smallest absolute Gasteiger partial charge is 0.310 e. The molecular weight excluding hydrogens is 256 g/mol. The van der Waals surface area contributed by atoms with Crippen molar-refractivity contribution in [3.63, 3.8) is 0 Å². The summed E-state index contributed by atoms with van der Waals surface area (Å²) in [6, 6.07) is 3.97. The maximum atomic E-state index is 11.3. The van der Waals surface area contributed by atoms with Gasteiger partial charge >= 0.3 is 5.97 Å². The lowest BCUT2D eigenvalue weighted by molar-refractivity contribution is -0.143. The van der Waals surface area contributed by atoms with Crippen molar-refractivity contribution >= 4 is 5.97 Å². The Kier molecular flexibility index (Phi) is 5.49. The second-order valence-electron chi connectivity index (χ2n) is 5.20. The minimum atomic E-state index is -0.755. The summed E-state index contributed by atoms with van der Waals surface area (Å²) in [7, 11) is 0. The fourth-order valence-electron chi connectivity index (χ4n) is 2.69. The van der Waals surface area contributed by atoms with E-state index in [1.165, 1.54) is 5.56 Å². The molecule has 5 nitrogen and oxygen atoms in total. The molecule has 2 unspecified atom stereocenters. The Labute approximate surface area is 119 Å². The Morgan fingerprint density at radius 2 is 2.35 bits per heavy atom. The number of aromatic nitrogens is 1. The van der Waals surface area contributed by atoms with Gasteiger partial charge in [0.05, 0.1) is 19.1 Å². The number of carboxylic acids is 1. The Morgan fingerprint density at radius 1 is 1.50 bits per heavy atom. The summed E-state index contributed by atoms with van der Waals surface area (Å²) < 4.78 is 5.38. The van der Waals surface area contributed by atoms with Crippen molar-refractivity contribution in [2.24, 2.45) is 5.92 Å². The summed E-state index contributed by atoms with van der Waals surface area (Å²) in [5.74, 6) is -1.16. The molecule has 20 heavy (non-hydrogen) atoms. The van der Waals surface area contributed by atoms with E-state index >= 15 is 0 Å². The number of nitrogens with zero attached hydrogens (tertiary/aromatic N) is 2. The van der Waals surface area contributed by atoms with Gasteiger partial charge in [0, 0.05) is 25.0 Å². The van der Waals surface area contributed by atoms with Crippen molar-refractivity contribution < 1.29 is 14.6 Å². The molecule has 0 bridgehead atoms. The predicted molar refractivity (Wildman–Crippen MR) is 75.5 cm³/mol. The van der Waals surface area contributed by atoms with Crippen LogP contribution in [0, 0.1) is 5.92 Å².